The van der Waals surface area contributed by atoms with Gasteiger partial charge in [0, 0.05) is 24.5 Å². The van der Waals surface area contributed by atoms with Crippen LogP contribution in [0.2, 0.25) is 0 Å². The Balaban J connectivity index is 1.69. The highest BCUT2D eigenvalue weighted by molar-refractivity contribution is 5.90. The second-order valence-corrected chi connectivity index (χ2v) is 5.34. The molecule has 2 aromatic rings. The Morgan fingerprint density at radius 2 is 1.08 bits per heavy atom. The summed E-state index contributed by atoms with van der Waals surface area (Å²) in [5.74, 6) is -0.678. The number of rotatable bonds is 8. The number of carbonyl (C=O) groups excluding carboxylic acids is 2. The van der Waals surface area contributed by atoms with Crippen LogP contribution in [0.25, 0.3) is 0 Å². The summed E-state index contributed by atoms with van der Waals surface area (Å²) in [5.41, 5.74) is 2.97. The van der Waals surface area contributed by atoms with Gasteiger partial charge in [-0.1, -0.05) is 0 Å². The van der Waals surface area contributed by atoms with E-state index in [1.165, 1.54) is 14.2 Å². The highest BCUT2D eigenvalue weighted by Gasteiger charge is 2.05. The smallest absolute Gasteiger partial charge is 0.337 e. The molecule has 0 heterocycles. The molecule has 0 aliphatic carbocycles. The molecule has 0 aliphatic rings. The van der Waals surface area contributed by atoms with Crippen LogP contribution in [0.4, 0.5) is 11.4 Å². The summed E-state index contributed by atoms with van der Waals surface area (Å²) < 4.78 is 9.33. The van der Waals surface area contributed by atoms with Crippen molar-refractivity contribution >= 4 is 23.3 Å². The van der Waals surface area contributed by atoms with Gasteiger partial charge in [0.25, 0.3) is 0 Å². The standard InChI is InChI=1S/C19H22N2O4/c1-24-18(22)14-4-8-16(9-5-14)20-12-3-13-21-17-10-6-15(7-11-17)19(23)25-2/h4-11,20-21H,3,12-13H2,1-2H3. The molecule has 2 N–H and O–H groups in total. The fourth-order valence-electron chi connectivity index (χ4n) is 2.24. The molecule has 0 saturated heterocycles. The first-order valence-corrected chi connectivity index (χ1v) is 7.98. The fraction of sp³-hybridized carbons (Fsp3) is 0.263. The van der Waals surface area contributed by atoms with E-state index in [0.717, 1.165) is 30.9 Å². The van der Waals surface area contributed by atoms with E-state index in [0.29, 0.717) is 11.1 Å². The monoisotopic (exact) mass is 342 g/mol. The molecular weight excluding hydrogens is 320 g/mol. The van der Waals surface area contributed by atoms with Crippen LogP contribution in [0, 0.1) is 0 Å². The van der Waals surface area contributed by atoms with Gasteiger partial charge in [0.2, 0.25) is 0 Å². The predicted molar refractivity (Wildman–Crippen MR) is 97.2 cm³/mol. The van der Waals surface area contributed by atoms with Gasteiger partial charge in [-0.15, -0.1) is 0 Å². The van der Waals surface area contributed by atoms with Crippen LogP contribution in [-0.2, 0) is 9.47 Å². The van der Waals surface area contributed by atoms with Crippen molar-refractivity contribution in [3.05, 3.63) is 59.7 Å². The molecular formula is C19H22N2O4. The first-order chi connectivity index (χ1) is 12.1. The molecule has 0 saturated carbocycles. The summed E-state index contributed by atoms with van der Waals surface area (Å²) in [7, 11) is 2.73. The number of esters is 2. The Hall–Kier alpha value is -3.02. The first kappa shape index (κ1) is 18.3. The number of nitrogens with one attached hydrogen (secondary N) is 2. The van der Waals surface area contributed by atoms with Gasteiger partial charge in [-0.2, -0.15) is 0 Å². The van der Waals surface area contributed by atoms with Gasteiger partial charge in [0.15, 0.2) is 0 Å². The van der Waals surface area contributed by atoms with Gasteiger partial charge in [-0.05, 0) is 55.0 Å². The Bertz CT molecular complexity index is 635. The topological polar surface area (TPSA) is 76.7 Å². The summed E-state index contributed by atoms with van der Waals surface area (Å²) in [4.78, 5) is 22.7. The van der Waals surface area contributed by atoms with Crippen molar-refractivity contribution in [2.45, 2.75) is 6.42 Å². The van der Waals surface area contributed by atoms with E-state index < -0.39 is 0 Å². The maximum absolute atomic E-state index is 11.4. The lowest BCUT2D eigenvalue weighted by atomic mass is 10.2. The number of benzene rings is 2. The third kappa shape index (κ3) is 5.53. The van der Waals surface area contributed by atoms with Crippen molar-refractivity contribution in [2.24, 2.45) is 0 Å². The average molecular weight is 342 g/mol. The van der Waals surface area contributed by atoms with Crippen LogP contribution >= 0.6 is 0 Å². The normalized spacial score (nSPS) is 10.0. The van der Waals surface area contributed by atoms with E-state index in [9.17, 15) is 9.59 Å². The van der Waals surface area contributed by atoms with Crippen molar-refractivity contribution < 1.29 is 19.1 Å². The fourth-order valence-corrected chi connectivity index (χ4v) is 2.24. The number of hydrogen-bond donors (Lipinski definition) is 2. The van der Waals surface area contributed by atoms with Gasteiger partial charge in [-0.25, -0.2) is 9.59 Å². The van der Waals surface area contributed by atoms with E-state index in [-0.39, 0.29) is 11.9 Å². The minimum atomic E-state index is -0.339. The molecule has 0 atom stereocenters. The van der Waals surface area contributed by atoms with Crippen molar-refractivity contribution in [3.8, 4) is 0 Å². The van der Waals surface area contributed by atoms with E-state index in [4.69, 9.17) is 0 Å². The number of methoxy groups -OCH3 is 2. The largest absolute Gasteiger partial charge is 0.465 e. The van der Waals surface area contributed by atoms with Crippen LogP contribution in [0.3, 0.4) is 0 Å². The quantitative estimate of drug-likeness (QED) is 0.567. The maximum Gasteiger partial charge on any atom is 0.337 e. The Kier molecular flexibility index (Phi) is 6.83. The molecule has 0 unspecified atom stereocenters. The lowest BCUT2D eigenvalue weighted by Crippen LogP contribution is -2.09. The molecule has 0 bridgehead atoms. The van der Waals surface area contributed by atoms with Crippen molar-refractivity contribution in [1.82, 2.24) is 0 Å². The zero-order valence-corrected chi connectivity index (χ0v) is 14.4. The Labute approximate surface area is 147 Å². The van der Waals surface area contributed by atoms with Crippen molar-refractivity contribution in [2.75, 3.05) is 37.9 Å². The van der Waals surface area contributed by atoms with Gasteiger partial charge >= 0.3 is 11.9 Å². The molecule has 0 aromatic heterocycles. The molecule has 2 rings (SSSR count). The molecule has 0 radical (unpaired) electrons. The minimum absolute atomic E-state index is 0.339. The van der Waals surface area contributed by atoms with Crippen LogP contribution < -0.4 is 10.6 Å². The van der Waals surface area contributed by atoms with Crippen LogP contribution in [-0.4, -0.2) is 39.2 Å². The number of hydrogen-bond acceptors (Lipinski definition) is 6. The molecule has 25 heavy (non-hydrogen) atoms. The van der Waals surface area contributed by atoms with Gasteiger partial charge in [-0.3, -0.25) is 0 Å². The SMILES string of the molecule is COC(=O)c1ccc(NCCCNc2ccc(C(=O)OC)cc2)cc1. The highest BCUT2D eigenvalue weighted by Crippen LogP contribution is 2.12. The Morgan fingerprint density at radius 1 is 0.720 bits per heavy atom. The van der Waals surface area contributed by atoms with Gasteiger partial charge in [0.05, 0.1) is 25.3 Å². The van der Waals surface area contributed by atoms with E-state index in [2.05, 4.69) is 20.1 Å². The third-order valence-electron chi connectivity index (χ3n) is 3.62. The number of anilines is 2. The van der Waals surface area contributed by atoms with Crippen LogP contribution in [0.5, 0.6) is 0 Å². The summed E-state index contributed by atoms with van der Waals surface area (Å²) in [6, 6.07) is 14.3. The zero-order chi connectivity index (χ0) is 18.1. The first-order valence-electron chi connectivity index (χ1n) is 7.98. The second kappa shape index (κ2) is 9.32. The molecule has 0 fully saturated rings. The van der Waals surface area contributed by atoms with E-state index >= 15 is 0 Å². The van der Waals surface area contributed by atoms with E-state index in [1.54, 1.807) is 24.3 Å². The lowest BCUT2D eigenvalue weighted by Gasteiger charge is -2.09. The summed E-state index contributed by atoms with van der Waals surface area (Å²) in [6.45, 7) is 1.59. The summed E-state index contributed by atoms with van der Waals surface area (Å²) >= 11 is 0. The molecule has 6 nitrogen and oxygen atoms in total. The lowest BCUT2D eigenvalue weighted by molar-refractivity contribution is 0.0592. The minimum Gasteiger partial charge on any atom is -0.465 e. The number of carbonyl (C=O) groups is 2. The zero-order valence-electron chi connectivity index (χ0n) is 14.4. The molecule has 2 aromatic carbocycles. The molecule has 6 heteroatoms. The molecule has 0 spiro atoms. The van der Waals surface area contributed by atoms with Gasteiger partial charge in [0.1, 0.15) is 0 Å². The predicted octanol–water partition coefficient (Wildman–Crippen LogP) is 3.17. The third-order valence-corrected chi connectivity index (χ3v) is 3.62. The summed E-state index contributed by atoms with van der Waals surface area (Å²) in [6.07, 6.45) is 0.914. The molecule has 0 aliphatic heterocycles. The molecule has 0 amide bonds. The maximum atomic E-state index is 11.4. The average Bonchev–Trinajstić information content (AvgIpc) is 2.67. The Morgan fingerprint density at radius 3 is 1.40 bits per heavy atom. The molecule has 132 valence electrons. The van der Waals surface area contributed by atoms with E-state index in [1.807, 2.05) is 24.3 Å². The van der Waals surface area contributed by atoms with Gasteiger partial charge < -0.3 is 20.1 Å². The number of ether oxygens (including phenoxy) is 2. The summed E-state index contributed by atoms with van der Waals surface area (Å²) in [5, 5.41) is 6.59. The van der Waals surface area contributed by atoms with Crippen LogP contribution in [0.15, 0.2) is 48.5 Å². The van der Waals surface area contributed by atoms with Crippen molar-refractivity contribution in [1.29, 1.82) is 0 Å². The highest BCUT2D eigenvalue weighted by atomic mass is 16.5. The van der Waals surface area contributed by atoms with Crippen molar-refractivity contribution in [3.63, 3.8) is 0 Å². The second-order valence-electron chi connectivity index (χ2n) is 5.34. The van der Waals surface area contributed by atoms with Crippen LogP contribution in [0.1, 0.15) is 27.1 Å².